The lowest BCUT2D eigenvalue weighted by molar-refractivity contribution is 0.548. The highest BCUT2D eigenvalue weighted by Gasteiger charge is 2.00. The van der Waals surface area contributed by atoms with E-state index in [1.165, 1.54) is 5.56 Å². The molecule has 0 radical (unpaired) electrons. The fourth-order valence-corrected chi connectivity index (χ4v) is 2.22. The third-order valence-electron chi connectivity index (χ3n) is 3.27. The Balaban J connectivity index is 1.70. The van der Waals surface area contributed by atoms with Gasteiger partial charge in [0.15, 0.2) is 0 Å². The number of imidazole rings is 1. The fourth-order valence-electron chi connectivity index (χ4n) is 2.22. The lowest BCUT2D eigenvalue weighted by Crippen LogP contribution is -2.19. The summed E-state index contributed by atoms with van der Waals surface area (Å²) < 4.78 is 2.19. The second-order valence-corrected chi connectivity index (χ2v) is 5.72. The van der Waals surface area contributed by atoms with Crippen LogP contribution < -0.4 is 5.32 Å². The molecule has 1 N–H and O–H groups in total. The van der Waals surface area contributed by atoms with Crippen molar-refractivity contribution in [2.24, 2.45) is 5.92 Å². The van der Waals surface area contributed by atoms with Gasteiger partial charge in [0.25, 0.3) is 0 Å². The Morgan fingerprint density at radius 1 is 1.20 bits per heavy atom. The molecule has 0 amide bonds. The maximum atomic E-state index is 4.44. The maximum absolute atomic E-state index is 4.44. The van der Waals surface area contributed by atoms with Crippen LogP contribution in [0.2, 0.25) is 0 Å². The molecule has 0 spiro atoms. The largest absolute Gasteiger partial charge is 0.337 e. The smallest absolute Gasteiger partial charge is 0.0949 e. The molecule has 0 aliphatic rings. The first-order chi connectivity index (χ1) is 9.74. The number of benzene rings is 1. The minimum absolute atomic E-state index is 0.683. The summed E-state index contributed by atoms with van der Waals surface area (Å²) in [5, 5.41) is 3.42. The van der Waals surface area contributed by atoms with Gasteiger partial charge in [0, 0.05) is 19.3 Å². The molecule has 0 aliphatic heterocycles. The maximum Gasteiger partial charge on any atom is 0.0949 e. The monoisotopic (exact) mass is 271 g/mol. The van der Waals surface area contributed by atoms with Gasteiger partial charge in [-0.15, -0.1) is 0 Å². The van der Waals surface area contributed by atoms with E-state index in [4.69, 9.17) is 0 Å². The summed E-state index contributed by atoms with van der Waals surface area (Å²) in [5.74, 6) is 0.683. The molecule has 0 unspecified atom stereocenters. The van der Waals surface area contributed by atoms with Gasteiger partial charge in [0.1, 0.15) is 0 Å². The predicted molar refractivity (Wildman–Crippen MR) is 83.5 cm³/mol. The molecule has 1 heterocycles. The molecule has 0 fully saturated rings. The molecule has 20 heavy (non-hydrogen) atoms. The molecule has 3 nitrogen and oxygen atoms in total. The molecule has 2 rings (SSSR count). The van der Waals surface area contributed by atoms with Gasteiger partial charge in [0.05, 0.1) is 12.0 Å². The number of aryl methyl sites for hydroxylation is 2. The Labute approximate surface area is 122 Å². The number of aromatic nitrogens is 2. The number of nitrogens with zero attached hydrogens (tertiary/aromatic N) is 2. The summed E-state index contributed by atoms with van der Waals surface area (Å²) in [7, 11) is 0. The van der Waals surface area contributed by atoms with Crippen LogP contribution in [0.1, 0.15) is 31.5 Å². The highest BCUT2D eigenvalue weighted by Crippen LogP contribution is 2.05. The van der Waals surface area contributed by atoms with Crippen LogP contribution in [-0.2, 0) is 19.5 Å². The van der Waals surface area contributed by atoms with Crippen molar-refractivity contribution in [3.05, 3.63) is 54.1 Å². The van der Waals surface area contributed by atoms with E-state index in [1.54, 1.807) is 0 Å². The fraction of sp³-hybridized carbons (Fsp3) is 0.471. The van der Waals surface area contributed by atoms with Crippen molar-refractivity contribution in [2.45, 2.75) is 39.8 Å². The molecule has 1 aromatic carbocycles. The lowest BCUT2D eigenvalue weighted by atomic mass is 10.1. The van der Waals surface area contributed by atoms with Crippen molar-refractivity contribution in [2.75, 3.05) is 6.54 Å². The van der Waals surface area contributed by atoms with Crippen molar-refractivity contribution < 1.29 is 0 Å². The van der Waals surface area contributed by atoms with Gasteiger partial charge >= 0.3 is 0 Å². The van der Waals surface area contributed by atoms with Gasteiger partial charge in [0.2, 0.25) is 0 Å². The number of hydrogen-bond acceptors (Lipinski definition) is 2. The summed E-state index contributed by atoms with van der Waals surface area (Å²) >= 11 is 0. The molecular formula is C17H25N3. The van der Waals surface area contributed by atoms with Crippen LogP contribution in [-0.4, -0.2) is 16.1 Å². The zero-order chi connectivity index (χ0) is 14.2. The topological polar surface area (TPSA) is 29.9 Å². The number of nitrogens with one attached hydrogen (secondary N) is 1. The van der Waals surface area contributed by atoms with Crippen LogP contribution in [0.15, 0.2) is 42.9 Å². The van der Waals surface area contributed by atoms with Crippen molar-refractivity contribution in [1.82, 2.24) is 14.9 Å². The summed E-state index contributed by atoms with van der Waals surface area (Å²) in [5.41, 5.74) is 2.54. The van der Waals surface area contributed by atoms with Crippen LogP contribution >= 0.6 is 0 Å². The summed E-state index contributed by atoms with van der Waals surface area (Å²) in [6.07, 6.45) is 6.37. The van der Waals surface area contributed by atoms with Gasteiger partial charge in [-0.05, 0) is 30.9 Å². The highest BCUT2D eigenvalue weighted by molar-refractivity contribution is 5.14. The average molecular weight is 271 g/mol. The Kier molecular flexibility index (Phi) is 5.81. The second-order valence-electron chi connectivity index (χ2n) is 5.72. The molecule has 2 aromatic rings. The van der Waals surface area contributed by atoms with Crippen LogP contribution in [0.4, 0.5) is 0 Å². The van der Waals surface area contributed by atoms with Crippen molar-refractivity contribution in [1.29, 1.82) is 0 Å². The molecule has 0 atom stereocenters. The minimum Gasteiger partial charge on any atom is -0.337 e. The van der Waals surface area contributed by atoms with Crippen LogP contribution in [0.3, 0.4) is 0 Å². The van der Waals surface area contributed by atoms with Crippen LogP contribution in [0.25, 0.3) is 0 Å². The lowest BCUT2D eigenvalue weighted by Gasteiger charge is -2.05. The highest BCUT2D eigenvalue weighted by atomic mass is 15.0. The van der Waals surface area contributed by atoms with E-state index in [0.29, 0.717) is 5.92 Å². The van der Waals surface area contributed by atoms with Gasteiger partial charge in [-0.1, -0.05) is 44.2 Å². The normalized spacial score (nSPS) is 11.2. The van der Waals surface area contributed by atoms with Gasteiger partial charge in [-0.3, -0.25) is 0 Å². The molecule has 108 valence electrons. The van der Waals surface area contributed by atoms with Crippen LogP contribution in [0, 0.1) is 5.92 Å². The van der Waals surface area contributed by atoms with E-state index in [0.717, 1.165) is 38.2 Å². The third kappa shape index (κ3) is 5.17. The predicted octanol–water partition coefficient (Wildman–Crippen LogP) is 3.26. The quantitative estimate of drug-likeness (QED) is 0.798. The Hall–Kier alpha value is -1.61. The second kappa shape index (κ2) is 7.85. The van der Waals surface area contributed by atoms with E-state index >= 15 is 0 Å². The Morgan fingerprint density at radius 2 is 2.00 bits per heavy atom. The van der Waals surface area contributed by atoms with Gasteiger partial charge in [-0.2, -0.15) is 0 Å². The van der Waals surface area contributed by atoms with E-state index in [2.05, 4.69) is 65.2 Å². The SMILES string of the molecule is CC(C)CNCc1cn(CCCc2ccccc2)cn1. The zero-order valence-electron chi connectivity index (χ0n) is 12.5. The summed E-state index contributed by atoms with van der Waals surface area (Å²) in [6, 6.07) is 10.6. The first-order valence-electron chi connectivity index (χ1n) is 7.49. The van der Waals surface area contributed by atoms with E-state index in [-0.39, 0.29) is 0 Å². The standard InChI is InChI=1S/C17H25N3/c1-15(2)11-18-12-17-13-20(14-19-17)10-6-9-16-7-4-3-5-8-16/h3-5,7-8,13-15,18H,6,9-12H2,1-2H3. The van der Waals surface area contributed by atoms with E-state index in [1.807, 2.05) is 6.33 Å². The molecule has 1 aromatic heterocycles. The van der Waals surface area contributed by atoms with Crippen molar-refractivity contribution in [3.8, 4) is 0 Å². The molecule has 0 bridgehead atoms. The van der Waals surface area contributed by atoms with Crippen molar-refractivity contribution in [3.63, 3.8) is 0 Å². The number of rotatable bonds is 8. The Bertz CT molecular complexity index is 488. The first kappa shape index (κ1) is 14.8. The first-order valence-corrected chi connectivity index (χ1v) is 7.49. The molecule has 3 heteroatoms. The van der Waals surface area contributed by atoms with E-state index in [9.17, 15) is 0 Å². The molecule has 0 saturated carbocycles. The minimum atomic E-state index is 0.683. The van der Waals surface area contributed by atoms with Gasteiger partial charge < -0.3 is 9.88 Å². The Morgan fingerprint density at radius 3 is 2.75 bits per heavy atom. The average Bonchev–Trinajstić information content (AvgIpc) is 2.87. The summed E-state index contributed by atoms with van der Waals surface area (Å²) in [6.45, 7) is 7.38. The molecular weight excluding hydrogens is 246 g/mol. The number of hydrogen-bond donors (Lipinski definition) is 1. The van der Waals surface area contributed by atoms with Crippen LogP contribution in [0.5, 0.6) is 0 Å². The third-order valence-corrected chi connectivity index (χ3v) is 3.27. The summed E-state index contributed by atoms with van der Waals surface area (Å²) in [4.78, 5) is 4.44. The molecule has 0 saturated heterocycles. The molecule has 0 aliphatic carbocycles. The van der Waals surface area contributed by atoms with Crippen molar-refractivity contribution >= 4 is 0 Å². The van der Waals surface area contributed by atoms with Gasteiger partial charge in [-0.25, -0.2) is 4.98 Å². The zero-order valence-corrected chi connectivity index (χ0v) is 12.5. The van der Waals surface area contributed by atoms with E-state index < -0.39 is 0 Å².